The van der Waals surface area contributed by atoms with Crippen molar-refractivity contribution in [2.24, 2.45) is 5.41 Å². The van der Waals surface area contributed by atoms with Crippen molar-refractivity contribution in [1.82, 2.24) is 0 Å². The van der Waals surface area contributed by atoms with Gasteiger partial charge in [-0.3, -0.25) is 4.79 Å². The Morgan fingerprint density at radius 1 is 1.47 bits per heavy atom. The van der Waals surface area contributed by atoms with Crippen LogP contribution in [0.1, 0.15) is 32.6 Å². The number of rotatable bonds is 3. The lowest BCUT2D eigenvalue weighted by molar-refractivity contribution is -0.152. The van der Waals surface area contributed by atoms with Gasteiger partial charge in [-0.1, -0.05) is 18.0 Å². The smallest absolute Gasteiger partial charge is 0.379 e. The molecule has 0 aromatic rings. The number of halogens is 1. The Hall–Kier alpha value is -0.830. The fourth-order valence-corrected chi connectivity index (χ4v) is 2.89. The summed E-state index contributed by atoms with van der Waals surface area (Å²) < 4.78 is 4.69. The quantitative estimate of drug-likeness (QED) is 0.549. The highest BCUT2D eigenvalue weighted by atomic mass is 35.5. The van der Waals surface area contributed by atoms with Crippen LogP contribution in [0.2, 0.25) is 0 Å². The number of carbonyl (C=O) groups is 2. The topological polar surface area (TPSA) is 43.4 Å². The molecule has 1 saturated carbocycles. The summed E-state index contributed by atoms with van der Waals surface area (Å²) in [7, 11) is 0. The zero-order chi connectivity index (χ0) is 11.1. The number of hydrogen-bond donors (Lipinski definition) is 0. The van der Waals surface area contributed by atoms with Gasteiger partial charge in [-0.05, 0) is 26.2 Å². The zero-order valence-electron chi connectivity index (χ0n) is 8.64. The number of allylic oxidation sites excluding steroid dienone is 1. The Morgan fingerprint density at radius 3 is 2.53 bits per heavy atom. The highest BCUT2D eigenvalue weighted by molar-refractivity contribution is 6.45. The van der Waals surface area contributed by atoms with E-state index in [4.69, 9.17) is 11.6 Å². The van der Waals surface area contributed by atoms with Crippen LogP contribution >= 0.6 is 11.6 Å². The maximum Gasteiger partial charge on any atom is 0.379 e. The fraction of sp³-hybridized carbons (Fsp3) is 0.636. The average Bonchev–Trinajstić information content (AvgIpc) is 2.11. The Kier molecular flexibility index (Phi) is 2.59. The molecule has 4 heteroatoms. The van der Waals surface area contributed by atoms with Crippen molar-refractivity contribution in [2.45, 2.75) is 32.6 Å². The third kappa shape index (κ3) is 1.49. The predicted octanol–water partition coefficient (Wildman–Crippen LogP) is 2.19. The van der Waals surface area contributed by atoms with E-state index in [1.807, 2.05) is 0 Å². The van der Waals surface area contributed by atoms with Gasteiger partial charge in [0.25, 0.3) is 5.78 Å². The van der Waals surface area contributed by atoms with Crippen molar-refractivity contribution in [2.75, 3.05) is 6.61 Å². The molecule has 0 aromatic heterocycles. The maximum absolute atomic E-state index is 11.7. The van der Waals surface area contributed by atoms with Crippen molar-refractivity contribution in [3.8, 4) is 0 Å². The van der Waals surface area contributed by atoms with Gasteiger partial charge in [0.15, 0.2) is 0 Å². The molecule has 0 saturated heterocycles. The van der Waals surface area contributed by atoms with Gasteiger partial charge in [0, 0.05) is 16.0 Å². The molecule has 0 aromatic carbocycles. The second-order valence-electron chi connectivity index (χ2n) is 4.14. The molecular formula is C11H13ClO3. The summed E-state index contributed by atoms with van der Waals surface area (Å²) in [6, 6.07) is 0. The number of Topliss-reactive ketones (excluding diaryl/α,β-unsaturated/α-hetero) is 1. The van der Waals surface area contributed by atoms with E-state index >= 15 is 0 Å². The van der Waals surface area contributed by atoms with Crippen LogP contribution in [-0.2, 0) is 14.3 Å². The second kappa shape index (κ2) is 3.63. The van der Waals surface area contributed by atoms with Crippen molar-refractivity contribution in [1.29, 1.82) is 0 Å². The molecule has 82 valence electrons. The minimum atomic E-state index is -0.767. The van der Waals surface area contributed by atoms with Crippen LogP contribution in [-0.4, -0.2) is 18.4 Å². The molecule has 0 bridgehead atoms. The Bertz CT molecular complexity index is 353. The van der Waals surface area contributed by atoms with Crippen molar-refractivity contribution < 1.29 is 14.3 Å². The number of carbonyl (C=O) groups excluding carboxylic acids is 2. The van der Waals surface area contributed by atoms with Gasteiger partial charge in [-0.25, -0.2) is 4.79 Å². The summed E-state index contributed by atoms with van der Waals surface area (Å²) in [6.45, 7) is 1.91. The van der Waals surface area contributed by atoms with E-state index in [0.29, 0.717) is 10.6 Å². The minimum absolute atomic E-state index is 0.0685. The monoisotopic (exact) mass is 228 g/mol. The van der Waals surface area contributed by atoms with E-state index in [2.05, 4.69) is 4.74 Å². The van der Waals surface area contributed by atoms with Crippen molar-refractivity contribution in [3.05, 3.63) is 10.6 Å². The molecule has 1 spiro atoms. The summed E-state index contributed by atoms with van der Waals surface area (Å²) in [5.74, 6) is -1.30. The van der Waals surface area contributed by atoms with Crippen molar-refractivity contribution in [3.63, 3.8) is 0 Å². The van der Waals surface area contributed by atoms with Gasteiger partial charge in [0.2, 0.25) is 0 Å². The highest BCUT2D eigenvalue weighted by Crippen LogP contribution is 2.60. The van der Waals surface area contributed by atoms with E-state index in [9.17, 15) is 9.59 Å². The average molecular weight is 229 g/mol. The standard InChI is InChI=1S/C11H13ClO3/c1-2-15-10(14)9(13)8-7(12)6-11(8)4-3-5-11/h2-6H2,1H3. The molecule has 3 nitrogen and oxygen atoms in total. The highest BCUT2D eigenvalue weighted by Gasteiger charge is 2.52. The van der Waals surface area contributed by atoms with Crippen LogP contribution in [0.3, 0.4) is 0 Å². The third-order valence-corrected chi connectivity index (χ3v) is 3.62. The van der Waals surface area contributed by atoms with Gasteiger partial charge >= 0.3 is 5.97 Å². The molecule has 0 N–H and O–H groups in total. The van der Waals surface area contributed by atoms with Gasteiger partial charge in [-0.15, -0.1) is 0 Å². The molecule has 2 aliphatic rings. The summed E-state index contributed by atoms with van der Waals surface area (Å²) in [5.41, 5.74) is 0.454. The van der Waals surface area contributed by atoms with Crippen LogP contribution in [0.15, 0.2) is 10.6 Å². The Morgan fingerprint density at radius 2 is 2.13 bits per heavy atom. The number of hydrogen-bond acceptors (Lipinski definition) is 3. The fourth-order valence-electron chi connectivity index (χ4n) is 2.35. The van der Waals surface area contributed by atoms with Crippen LogP contribution in [0.4, 0.5) is 0 Å². The SMILES string of the molecule is CCOC(=O)C(=O)C1=C(Cl)CC12CCC2. The number of esters is 1. The largest absolute Gasteiger partial charge is 0.460 e. The second-order valence-corrected chi connectivity index (χ2v) is 4.60. The first kappa shape index (κ1) is 10.7. The van der Waals surface area contributed by atoms with Gasteiger partial charge in [0.1, 0.15) is 0 Å². The normalized spacial score (nSPS) is 22.0. The van der Waals surface area contributed by atoms with Gasteiger partial charge < -0.3 is 4.74 Å². The number of ether oxygens (including phenoxy) is 1. The molecule has 0 amide bonds. The lowest BCUT2D eigenvalue weighted by atomic mass is 9.55. The molecule has 2 rings (SSSR count). The molecule has 0 heterocycles. The molecule has 0 atom stereocenters. The molecular weight excluding hydrogens is 216 g/mol. The van der Waals surface area contributed by atoms with E-state index in [0.717, 1.165) is 25.7 Å². The first-order valence-electron chi connectivity index (χ1n) is 5.21. The first-order chi connectivity index (χ1) is 7.10. The number of ketones is 1. The predicted molar refractivity (Wildman–Crippen MR) is 55.4 cm³/mol. The minimum Gasteiger partial charge on any atom is -0.460 e. The summed E-state index contributed by atoms with van der Waals surface area (Å²) in [4.78, 5) is 23.0. The molecule has 0 aliphatic heterocycles. The lowest BCUT2D eigenvalue weighted by Gasteiger charge is -2.49. The molecule has 0 unspecified atom stereocenters. The van der Waals surface area contributed by atoms with Gasteiger partial charge in [0.05, 0.1) is 6.61 Å². The summed E-state index contributed by atoms with van der Waals surface area (Å²) in [5, 5.41) is 0.549. The van der Waals surface area contributed by atoms with Crippen LogP contribution < -0.4 is 0 Å². The summed E-state index contributed by atoms with van der Waals surface area (Å²) in [6.07, 6.45) is 3.83. The van der Waals surface area contributed by atoms with Crippen molar-refractivity contribution >= 4 is 23.4 Å². The van der Waals surface area contributed by atoms with E-state index in [1.165, 1.54) is 0 Å². The van der Waals surface area contributed by atoms with E-state index in [-0.39, 0.29) is 12.0 Å². The third-order valence-electron chi connectivity index (χ3n) is 3.29. The molecule has 1 fully saturated rings. The zero-order valence-corrected chi connectivity index (χ0v) is 9.39. The van der Waals surface area contributed by atoms with Crippen LogP contribution in [0.25, 0.3) is 0 Å². The lowest BCUT2D eigenvalue weighted by Crippen LogP contribution is -2.44. The van der Waals surface area contributed by atoms with E-state index in [1.54, 1.807) is 6.92 Å². The molecule has 15 heavy (non-hydrogen) atoms. The van der Waals surface area contributed by atoms with Crippen LogP contribution in [0, 0.1) is 5.41 Å². The summed E-state index contributed by atoms with van der Waals surface area (Å²) >= 11 is 5.90. The molecule has 2 aliphatic carbocycles. The van der Waals surface area contributed by atoms with E-state index < -0.39 is 11.8 Å². The maximum atomic E-state index is 11.7. The molecule has 0 radical (unpaired) electrons. The Labute approximate surface area is 93.4 Å². The first-order valence-corrected chi connectivity index (χ1v) is 5.59. The van der Waals surface area contributed by atoms with Gasteiger partial charge in [-0.2, -0.15) is 0 Å². The van der Waals surface area contributed by atoms with Crippen LogP contribution in [0.5, 0.6) is 0 Å². The Balaban J connectivity index is 2.13.